The minimum Gasteiger partial charge on any atom is -0.352 e. The molecule has 2 fully saturated rings. The molecule has 0 unspecified atom stereocenters. The molecule has 3 aliphatic rings. The number of hydrogen-bond donors (Lipinski definition) is 0. The van der Waals surface area contributed by atoms with Gasteiger partial charge in [0.1, 0.15) is 6.04 Å². The fourth-order valence-corrected chi connectivity index (χ4v) is 5.83. The standard InChI is InChI=1S/C28H21N3O5/c1-16-15-19(31(35)36)12-14-20(16)30-27(33)23-22-13-11-17-7-5-6-10-21(17)29(22)25(24(23)28(30)34)26(32)18-8-3-2-4-9-18/h2-15,22-25H,1H3/t22-,23+,24+,25+/m1/s1. The fraction of sp³-hybridized carbons (Fsp3) is 0.179. The molecule has 2 saturated heterocycles. The first kappa shape index (κ1) is 21.9. The highest BCUT2D eigenvalue weighted by Crippen LogP contribution is 2.50. The summed E-state index contributed by atoms with van der Waals surface area (Å²) in [4.78, 5) is 55.4. The summed E-state index contributed by atoms with van der Waals surface area (Å²) in [6.45, 7) is 1.63. The van der Waals surface area contributed by atoms with Crippen molar-refractivity contribution in [1.82, 2.24) is 0 Å². The zero-order valence-corrected chi connectivity index (χ0v) is 19.3. The van der Waals surface area contributed by atoms with Gasteiger partial charge in [0, 0.05) is 23.4 Å². The number of ketones is 1. The number of fused-ring (bicyclic) bond motifs is 5. The topological polar surface area (TPSA) is 101 Å². The van der Waals surface area contributed by atoms with E-state index in [0.717, 1.165) is 16.2 Å². The maximum absolute atomic E-state index is 13.9. The van der Waals surface area contributed by atoms with Gasteiger partial charge in [0.05, 0.1) is 28.5 Å². The van der Waals surface area contributed by atoms with Crippen LogP contribution < -0.4 is 9.80 Å². The van der Waals surface area contributed by atoms with Crippen LogP contribution in [-0.4, -0.2) is 34.6 Å². The Bertz CT molecular complexity index is 1480. The van der Waals surface area contributed by atoms with Crippen LogP contribution in [0.5, 0.6) is 0 Å². The van der Waals surface area contributed by atoms with Crippen molar-refractivity contribution in [3.05, 3.63) is 106 Å². The number of nitrogens with zero attached hydrogens (tertiary/aromatic N) is 3. The van der Waals surface area contributed by atoms with Gasteiger partial charge in [0.25, 0.3) is 5.69 Å². The van der Waals surface area contributed by atoms with Crippen LogP contribution in [0.1, 0.15) is 21.5 Å². The Morgan fingerprint density at radius 1 is 0.889 bits per heavy atom. The molecule has 4 atom stereocenters. The minimum atomic E-state index is -0.888. The summed E-state index contributed by atoms with van der Waals surface area (Å²) < 4.78 is 0. The van der Waals surface area contributed by atoms with Gasteiger partial charge in [-0.15, -0.1) is 0 Å². The summed E-state index contributed by atoms with van der Waals surface area (Å²) in [6.07, 6.45) is 3.83. The molecular formula is C28H21N3O5. The van der Waals surface area contributed by atoms with Gasteiger partial charge in [-0.2, -0.15) is 0 Å². The van der Waals surface area contributed by atoms with E-state index in [1.165, 1.54) is 18.2 Å². The number of Topliss-reactive ketones (excluding diaryl/α,β-unsaturated/α-hetero) is 1. The molecule has 36 heavy (non-hydrogen) atoms. The van der Waals surface area contributed by atoms with Crippen LogP contribution in [0.4, 0.5) is 17.1 Å². The Balaban J connectivity index is 1.48. The Hall–Kier alpha value is -4.59. The Morgan fingerprint density at radius 2 is 1.58 bits per heavy atom. The zero-order valence-electron chi connectivity index (χ0n) is 19.3. The number of amides is 2. The smallest absolute Gasteiger partial charge is 0.269 e. The van der Waals surface area contributed by atoms with Crippen LogP contribution in [0.15, 0.2) is 78.9 Å². The molecule has 0 aromatic heterocycles. The van der Waals surface area contributed by atoms with Crippen LogP contribution in [0.3, 0.4) is 0 Å². The van der Waals surface area contributed by atoms with Crippen molar-refractivity contribution in [2.45, 2.75) is 19.0 Å². The first-order valence-electron chi connectivity index (χ1n) is 11.7. The third-order valence-corrected chi connectivity index (χ3v) is 7.37. The van der Waals surface area contributed by atoms with Crippen molar-refractivity contribution in [3.63, 3.8) is 0 Å². The highest BCUT2D eigenvalue weighted by molar-refractivity contribution is 6.26. The summed E-state index contributed by atoms with van der Waals surface area (Å²) in [5.41, 5.74) is 2.83. The molecule has 0 spiro atoms. The molecule has 0 saturated carbocycles. The summed E-state index contributed by atoms with van der Waals surface area (Å²) >= 11 is 0. The molecule has 8 nitrogen and oxygen atoms in total. The second-order valence-electron chi connectivity index (χ2n) is 9.28. The minimum absolute atomic E-state index is 0.120. The van der Waals surface area contributed by atoms with E-state index in [2.05, 4.69) is 0 Å². The average molecular weight is 479 g/mol. The van der Waals surface area contributed by atoms with Crippen LogP contribution >= 0.6 is 0 Å². The lowest BCUT2D eigenvalue weighted by molar-refractivity contribution is -0.384. The molecule has 2 amide bonds. The van der Waals surface area contributed by atoms with Gasteiger partial charge in [-0.05, 0) is 30.2 Å². The molecule has 3 aliphatic heterocycles. The number of aryl methyl sites for hydroxylation is 1. The molecule has 3 aromatic rings. The molecule has 0 radical (unpaired) electrons. The Labute approximate surface area is 206 Å². The number of carbonyl (C=O) groups is 3. The molecule has 0 bridgehead atoms. The predicted molar refractivity (Wildman–Crippen MR) is 134 cm³/mol. The van der Waals surface area contributed by atoms with E-state index < -0.39 is 40.7 Å². The number of nitro benzene ring substituents is 1. The van der Waals surface area contributed by atoms with Gasteiger partial charge in [0.2, 0.25) is 11.8 Å². The first-order valence-corrected chi connectivity index (χ1v) is 11.7. The first-order chi connectivity index (χ1) is 17.4. The van der Waals surface area contributed by atoms with Crippen molar-refractivity contribution >= 4 is 40.7 Å². The highest BCUT2D eigenvalue weighted by atomic mass is 16.6. The lowest BCUT2D eigenvalue weighted by atomic mass is 9.86. The number of rotatable bonds is 4. The largest absolute Gasteiger partial charge is 0.352 e. The van der Waals surface area contributed by atoms with Crippen molar-refractivity contribution < 1.29 is 19.3 Å². The number of carbonyl (C=O) groups excluding carboxylic acids is 3. The van der Waals surface area contributed by atoms with E-state index in [1.807, 2.05) is 47.4 Å². The van der Waals surface area contributed by atoms with Crippen molar-refractivity contribution in [3.8, 4) is 0 Å². The quantitative estimate of drug-likeness (QED) is 0.241. The Morgan fingerprint density at radius 3 is 2.31 bits per heavy atom. The van der Waals surface area contributed by atoms with Gasteiger partial charge in [0.15, 0.2) is 5.78 Å². The number of anilines is 2. The maximum atomic E-state index is 13.9. The average Bonchev–Trinajstić information content (AvgIpc) is 3.37. The molecule has 178 valence electrons. The van der Waals surface area contributed by atoms with Gasteiger partial charge >= 0.3 is 0 Å². The maximum Gasteiger partial charge on any atom is 0.269 e. The normalized spacial score (nSPS) is 23.9. The summed E-state index contributed by atoms with van der Waals surface area (Å²) in [7, 11) is 0. The van der Waals surface area contributed by atoms with Crippen molar-refractivity contribution in [1.29, 1.82) is 0 Å². The lowest BCUT2D eigenvalue weighted by Gasteiger charge is -2.36. The summed E-state index contributed by atoms with van der Waals surface area (Å²) in [6, 6.07) is 19.2. The van der Waals surface area contributed by atoms with E-state index in [1.54, 1.807) is 31.2 Å². The van der Waals surface area contributed by atoms with E-state index in [9.17, 15) is 24.5 Å². The van der Waals surface area contributed by atoms with Crippen LogP contribution in [-0.2, 0) is 9.59 Å². The molecule has 0 aliphatic carbocycles. The number of para-hydroxylation sites is 1. The Kier molecular flexibility index (Phi) is 4.86. The SMILES string of the molecule is Cc1cc([N+](=O)[O-])ccc1N1C(=O)[C@@H]2[C@H](C1=O)[C@@H](C(=O)c1ccccc1)N1c3ccccc3C=C[C@H]21. The van der Waals surface area contributed by atoms with Gasteiger partial charge < -0.3 is 4.90 Å². The van der Waals surface area contributed by atoms with Crippen LogP contribution in [0.2, 0.25) is 0 Å². The third kappa shape index (κ3) is 3.04. The van der Waals surface area contributed by atoms with Crippen LogP contribution in [0.25, 0.3) is 6.08 Å². The lowest BCUT2D eigenvalue weighted by Crippen LogP contribution is -2.49. The van der Waals surface area contributed by atoms with Gasteiger partial charge in [-0.25, -0.2) is 4.90 Å². The highest BCUT2D eigenvalue weighted by Gasteiger charge is 2.64. The molecule has 3 heterocycles. The van der Waals surface area contributed by atoms with Crippen LogP contribution in [0, 0.1) is 28.9 Å². The van der Waals surface area contributed by atoms with E-state index in [4.69, 9.17) is 0 Å². The van der Waals surface area contributed by atoms with Crippen molar-refractivity contribution in [2.24, 2.45) is 11.8 Å². The van der Waals surface area contributed by atoms with E-state index in [0.29, 0.717) is 16.8 Å². The third-order valence-electron chi connectivity index (χ3n) is 7.37. The van der Waals surface area contributed by atoms with Crippen molar-refractivity contribution in [2.75, 3.05) is 9.80 Å². The summed E-state index contributed by atoms with van der Waals surface area (Å²) in [5, 5.41) is 11.2. The fourth-order valence-electron chi connectivity index (χ4n) is 5.83. The zero-order chi connectivity index (χ0) is 25.1. The molecule has 3 aromatic carbocycles. The molecule has 0 N–H and O–H groups in total. The van der Waals surface area contributed by atoms with Gasteiger partial charge in [-0.3, -0.25) is 24.5 Å². The summed E-state index contributed by atoms with van der Waals surface area (Å²) in [5.74, 6) is -2.72. The van der Waals surface area contributed by atoms with Gasteiger partial charge in [-0.1, -0.05) is 60.7 Å². The molecular weight excluding hydrogens is 458 g/mol. The number of hydrogen-bond acceptors (Lipinski definition) is 6. The van der Waals surface area contributed by atoms with E-state index in [-0.39, 0.29) is 11.5 Å². The molecule has 8 heteroatoms. The second-order valence-corrected chi connectivity index (χ2v) is 9.28. The monoisotopic (exact) mass is 479 g/mol. The number of benzene rings is 3. The number of imide groups is 1. The second kappa shape index (κ2) is 7.98. The predicted octanol–water partition coefficient (Wildman–Crippen LogP) is 4.18. The number of nitro groups is 1. The molecule has 6 rings (SSSR count). The number of non-ortho nitro benzene ring substituents is 1. The van der Waals surface area contributed by atoms with E-state index >= 15 is 0 Å².